The molecule has 0 saturated heterocycles. The van der Waals surface area contributed by atoms with Crippen LogP contribution in [0.2, 0.25) is 0 Å². The van der Waals surface area contributed by atoms with Crippen LogP contribution >= 0.6 is 0 Å². The van der Waals surface area contributed by atoms with Crippen molar-refractivity contribution in [3.05, 3.63) is 23.5 Å². The molecule has 1 rings (SSSR count). The van der Waals surface area contributed by atoms with Gasteiger partial charge in [0, 0.05) is 11.9 Å². The highest BCUT2D eigenvalue weighted by Gasteiger charge is 1.94. The normalized spacial score (nSPS) is 8.80. The summed E-state index contributed by atoms with van der Waals surface area (Å²) in [6.45, 7) is 1.85. The van der Waals surface area contributed by atoms with Crippen molar-refractivity contribution >= 4 is 5.69 Å². The van der Waals surface area contributed by atoms with Gasteiger partial charge in [0.1, 0.15) is 11.8 Å². The van der Waals surface area contributed by atoms with Gasteiger partial charge in [-0.05, 0) is 18.6 Å². The second-order valence-corrected chi connectivity index (χ2v) is 2.04. The number of anilines is 1. The van der Waals surface area contributed by atoms with E-state index in [4.69, 9.17) is 11.0 Å². The van der Waals surface area contributed by atoms with Gasteiger partial charge in [0.2, 0.25) is 0 Å². The summed E-state index contributed by atoms with van der Waals surface area (Å²) in [7, 11) is 0. The highest BCUT2D eigenvalue weighted by molar-refractivity contribution is 5.47. The number of aromatic nitrogens is 1. The van der Waals surface area contributed by atoms with Gasteiger partial charge in [0.05, 0.1) is 0 Å². The lowest BCUT2D eigenvalue weighted by atomic mass is 10.2. The molecule has 1 heterocycles. The molecule has 50 valence electrons. The molecule has 1 aromatic heterocycles. The van der Waals surface area contributed by atoms with Crippen LogP contribution in [0.25, 0.3) is 0 Å². The molecule has 3 nitrogen and oxygen atoms in total. The Morgan fingerprint density at radius 1 is 1.70 bits per heavy atom. The molecule has 10 heavy (non-hydrogen) atoms. The second-order valence-electron chi connectivity index (χ2n) is 2.04. The number of rotatable bonds is 0. The highest BCUT2D eigenvalue weighted by Crippen LogP contribution is 2.08. The molecule has 2 N–H and O–H groups in total. The van der Waals surface area contributed by atoms with Crippen molar-refractivity contribution in [2.75, 3.05) is 5.73 Å². The van der Waals surface area contributed by atoms with Gasteiger partial charge in [-0.25, -0.2) is 4.98 Å². The summed E-state index contributed by atoms with van der Waals surface area (Å²) in [5, 5.41) is 8.38. The molecule has 3 heteroatoms. The lowest BCUT2D eigenvalue weighted by Crippen LogP contribution is -1.92. The number of nitriles is 1. The Balaban J connectivity index is 3.20. The topological polar surface area (TPSA) is 62.7 Å². The molecule has 0 bridgehead atoms. The minimum absolute atomic E-state index is 0.364. The summed E-state index contributed by atoms with van der Waals surface area (Å²) in [6, 6.07) is 3.47. The maximum absolute atomic E-state index is 8.38. The van der Waals surface area contributed by atoms with Gasteiger partial charge in [0.15, 0.2) is 0 Å². The summed E-state index contributed by atoms with van der Waals surface area (Å²) in [5.41, 5.74) is 7.39. The summed E-state index contributed by atoms with van der Waals surface area (Å²) in [4.78, 5) is 3.82. The first kappa shape index (κ1) is 6.56. The Kier molecular flexibility index (Phi) is 1.55. The molecule has 0 atom stereocenters. The SMILES string of the molecule is Cc1cnc(C#N)cc1N. The Bertz CT molecular complexity index is 285. The van der Waals surface area contributed by atoms with Gasteiger partial charge in [-0.3, -0.25) is 0 Å². The molecule has 0 saturated carbocycles. The molecule has 0 aliphatic carbocycles. The van der Waals surface area contributed by atoms with Gasteiger partial charge in [-0.2, -0.15) is 5.26 Å². The molecule has 0 radical (unpaired) electrons. The van der Waals surface area contributed by atoms with Gasteiger partial charge in [-0.1, -0.05) is 0 Å². The van der Waals surface area contributed by atoms with Gasteiger partial charge < -0.3 is 5.73 Å². The van der Waals surface area contributed by atoms with Crippen LogP contribution in [0.4, 0.5) is 5.69 Å². The van der Waals surface area contributed by atoms with Crippen LogP contribution in [0.1, 0.15) is 11.3 Å². The summed E-state index contributed by atoms with van der Waals surface area (Å²) < 4.78 is 0. The molecule has 0 aromatic carbocycles. The predicted molar refractivity (Wildman–Crippen MR) is 38.1 cm³/mol. The third-order valence-corrected chi connectivity index (χ3v) is 1.26. The van der Waals surface area contributed by atoms with Gasteiger partial charge in [0.25, 0.3) is 0 Å². The van der Waals surface area contributed by atoms with Crippen molar-refractivity contribution in [1.82, 2.24) is 4.98 Å². The number of aryl methyl sites for hydroxylation is 1. The monoisotopic (exact) mass is 133 g/mol. The first-order chi connectivity index (χ1) is 4.74. The van der Waals surface area contributed by atoms with Crippen LogP contribution in [0.5, 0.6) is 0 Å². The Morgan fingerprint density at radius 3 is 2.90 bits per heavy atom. The van der Waals surface area contributed by atoms with E-state index in [0.29, 0.717) is 11.4 Å². The zero-order chi connectivity index (χ0) is 7.56. The Hall–Kier alpha value is -1.56. The second kappa shape index (κ2) is 2.36. The lowest BCUT2D eigenvalue weighted by molar-refractivity contribution is 1.23. The maximum atomic E-state index is 8.38. The Labute approximate surface area is 59.1 Å². The van der Waals surface area contributed by atoms with Crippen LogP contribution in [-0.2, 0) is 0 Å². The lowest BCUT2D eigenvalue weighted by Gasteiger charge is -1.96. The fourth-order valence-electron chi connectivity index (χ4n) is 0.600. The van der Waals surface area contributed by atoms with Crippen molar-refractivity contribution in [2.24, 2.45) is 0 Å². The number of pyridine rings is 1. The smallest absolute Gasteiger partial charge is 0.142 e. The summed E-state index contributed by atoms with van der Waals surface area (Å²) in [6.07, 6.45) is 1.59. The van der Waals surface area contributed by atoms with E-state index in [2.05, 4.69) is 4.98 Å². The zero-order valence-corrected chi connectivity index (χ0v) is 5.63. The molecular weight excluding hydrogens is 126 g/mol. The molecule has 0 aliphatic rings. The van der Waals surface area contributed by atoms with Crippen molar-refractivity contribution in [3.63, 3.8) is 0 Å². The van der Waals surface area contributed by atoms with Crippen molar-refractivity contribution in [3.8, 4) is 6.07 Å². The van der Waals surface area contributed by atoms with E-state index >= 15 is 0 Å². The predicted octanol–water partition coefficient (Wildman–Crippen LogP) is 0.844. The summed E-state index contributed by atoms with van der Waals surface area (Å²) >= 11 is 0. The quantitative estimate of drug-likeness (QED) is 0.570. The minimum atomic E-state index is 0.364. The average Bonchev–Trinajstić information content (AvgIpc) is 1.95. The van der Waals surface area contributed by atoms with E-state index in [-0.39, 0.29) is 0 Å². The zero-order valence-electron chi connectivity index (χ0n) is 5.63. The van der Waals surface area contributed by atoms with E-state index in [0.717, 1.165) is 5.56 Å². The fraction of sp³-hybridized carbons (Fsp3) is 0.143. The van der Waals surface area contributed by atoms with E-state index in [1.165, 1.54) is 0 Å². The number of hydrogen-bond acceptors (Lipinski definition) is 3. The van der Waals surface area contributed by atoms with Gasteiger partial charge in [-0.15, -0.1) is 0 Å². The molecule has 0 spiro atoms. The molecule has 0 unspecified atom stereocenters. The third kappa shape index (κ3) is 1.06. The average molecular weight is 133 g/mol. The molecular formula is C7H7N3. The number of nitrogens with zero attached hydrogens (tertiary/aromatic N) is 2. The Morgan fingerprint density at radius 2 is 2.40 bits per heavy atom. The van der Waals surface area contributed by atoms with E-state index in [1.54, 1.807) is 12.3 Å². The van der Waals surface area contributed by atoms with Crippen molar-refractivity contribution in [1.29, 1.82) is 5.26 Å². The maximum Gasteiger partial charge on any atom is 0.142 e. The molecule has 0 fully saturated rings. The van der Waals surface area contributed by atoms with E-state index in [9.17, 15) is 0 Å². The molecule has 0 aliphatic heterocycles. The van der Waals surface area contributed by atoms with Crippen molar-refractivity contribution in [2.45, 2.75) is 6.92 Å². The third-order valence-electron chi connectivity index (χ3n) is 1.26. The summed E-state index contributed by atoms with van der Waals surface area (Å²) in [5.74, 6) is 0. The van der Waals surface area contributed by atoms with Crippen LogP contribution in [0.3, 0.4) is 0 Å². The van der Waals surface area contributed by atoms with Crippen LogP contribution < -0.4 is 5.73 Å². The van der Waals surface area contributed by atoms with Crippen LogP contribution in [-0.4, -0.2) is 4.98 Å². The largest absolute Gasteiger partial charge is 0.398 e. The first-order valence-corrected chi connectivity index (χ1v) is 2.86. The number of hydrogen-bond donors (Lipinski definition) is 1. The van der Waals surface area contributed by atoms with Crippen LogP contribution in [0.15, 0.2) is 12.3 Å². The van der Waals surface area contributed by atoms with E-state index < -0.39 is 0 Å². The first-order valence-electron chi connectivity index (χ1n) is 2.86. The number of nitrogens with two attached hydrogens (primary N) is 1. The van der Waals surface area contributed by atoms with E-state index in [1.807, 2.05) is 13.0 Å². The van der Waals surface area contributed by atoms with Crippen LogP contribution in [0, 0.1) is 18.3 Å². The fourth-order valence-corrected chi connectivity index (χ4v) is 0.600. The van der Waals surface area contributed by atoms with Gasteiger partial charge >= 0.3 is 0 Å². The number of nitrogen functional groups attached to an aromatic ring is 1. The molecule has 0 amide bonds. The van der Waals surface area contributed by atoms with Crippen molar-refractivity contribution < 1.29 is 0 Å². The standard InChI is InChI=1S/C7H7N3/c1-5-4-10-6(3-8)2-7(5)9/h2,4H,1H3,(H2,9,10). The minimum Gasteiger partial charge on any atom is -0.398 e. The highest BCUT2D eigenvalue weighted by atomic mass is 14.7. The molecule has 1 aromatic rings.